The van der Waals surface area contributed by atoms with Crippen LogP contribution >= 0.6 is 0 Å². The van der Waals surface area contributed by atoms with Crippen LogP contribution in [0.25, 0.3) is 0 Å². The smallest absolute Gasteiger partial charge is 0.140 e. The molecule has 1 unspecified atom stereocenters. The average Bonchev–Trinajstić information content (AvgIpc) is 2.94. The van der Waals surface area contributed by atoms with Crippen LogP contribution in [-0.2, 0) is 11.2 Å². The normalized spacial score (nSPS) is 18.1. The summed E-state index contributed by atoms with van der Waals surface area (Å²) in [5.41, 5.74) is 7.13. The van der Waals surface area contributed by atoms with E-state index < -0.39 is 0 Å². The summed E-state index contributed by atoms with van der Waals surface area (Å²) < 4.78 is 2.05. The van der Waals surface area contributed by atoms with E-state index in [9.17, 15) is 4.79 Å². The Labute approximate surface area is 128 Å². The molecule has 4 nitrogen and oxygen atoms in total. The topological polar surface area (TPSA) is 60.9 Å². The minimum absolute atomic E-state index is 0.0468. The summed E-state index contributed by atoms with van der Waals surface area (Å²) in [6, 6.07) is 2.47. The molecule has 4 heteroatoms. The Kier molecular flexibility index (Phi) is 5.20. The molecule has 1 atom stereocenters. The van der Waals surface area contributed by atoms with Crippen LogP contribution in [0.1, 0.15) is 71.0 Å². The van der Waals surface area contributed by atoms with E-state index in [1.54, 1.807) is 0 Å². The third kappa shape index (κ3) is 5.27. The summed E-state index contributed by atoms with van der Waals surface area (Å²) in [6.07, 6.45) is 8.77. The van der Waals surface area contributed by atoms with Crippen molar-refractivity contribution in [2.24, 2.45) is 11.1 Å². The number of aromatic nitrogens is 2. The number of hydrogen-bond donors (Lipinski definition) is 1. The summed E-state index contributed by atoms with van der Waals surface area (Å²) in [4.78, 5) is 12.1. The molecule has 1 heterocycles. The molecule has 1 aliphatic carbocycles. The van der Waals surface area contributed by atoms with Crippen LogP contribution < -0.4 is 5.73 Å². The highest BCUT2D eigenvalue weighted by atomic mass is 16.1. The summed E-state index contributed by atoms with van der Waals surface area (Å²) in [6.45, 7) is 6.46. The number of nitrogens with two attached hydrogens (primary N) is 1. The van der Waals surface area contributed by atoms with Crippen molar-refractivity contribution in [3.63, 3.8) is 0 Å². The lowest BCUT2D eigenvalue weighted by Gasteiger charge is -2.22. The van der Waals surface area contributed by atoms with Gasteiger partial charge in [0.05, 0.1) is 18.2 Å². The second-order valence-electron chi connectivity index (χ2n) is 7.67. The van der Waals surface area contributed by atoms with Gasteiger partial charge in [0.1, 0.15) is 5.78 Å². The van der Waals surface area contributed by atoms with Gasteiger partial charge in [-0.25, -0.2) is 0 Å². The van der Waals surface area contributed by atoms with Crippen LogP contribution in [0, 0.1) is 5.41 Å². The van der Waals surface area contributed by atoms with Crippen LogP contribution in [0.3, 0.4) is 0 Å². The van der Waals surface area contributed by atoms with E-state index in [1.165, 1.54) is 25.7 Å². The Morgan fingerprint density at radius 2 is 2.10 bits per heavy atom. The zero-order valence-corrected chi connectivity index (χ0v) is 13.6. The number of Topliss-reactive ketones (excluding diaryl/α,β-unsaturated/α-hetero) is 1. The van der Waals surface area contributed by atoms with Crippen molar-refractivity contribution in [2.75, 3.05) is 0 Å². The van der Waals surface area contributed by atoms with Gasteiger partial charge in [0.15, 0.2) is 0 Å². The molecular formula is C17H29N3O. The van der Waals surface area contributed by atoms with Gasteiger partial charge in [-0.1, -0.05) is 33.6 Å². The van der Waals surface area contributed by atoms with Crippen LogP contribution in [0.15, 0.2) is 12.3 Å². The molecule has 0 saturated heterocycles. The Morgan fingerprint density at radius 3 is 2.71 bits per heavy atom. The quantitative estimate of drug-likeness (QED) is 0.875. The second-order valence-corrected chi connectivity index (χ2v) is 7.67. The highest BCUT2D eigenvalue weighted by Gasteiger charge is 2.20. The molecule has 0 amide bonds. The molecule has 1 aliphatic rings. The first-order valence-corrected chi connectivity index (χ1v) is 8.15. The van der Waals surface area contributed by atoms with Gasteiger partial charge in [0.25, 0.3) is 0 Å². The monoisotopic (exact) mass is 291 g/mol. The van der Waals surface area contributed by atoms with Gasteiger partial charge in [-0.15, -0.1) is 0 Å². The summed E-state index contributed by atoms with van der Waals surface area (Å²) >= 11 is 0. The molecule has 2 rings (SSSR count). The molecule has 0 spiro atoms. The summed E-state index contributed by atoms with van der Waals surface area (Å²) in [5.74, 6) is 0.198. The first-order valence-electron chi connectivity index (χ1n) is 8.15. The maximum Gasteiger partial charge on any atom is 0.140 e. The highest BCUT2D eigenvalue weighted by molar-refractivity contribution is 5.80. The van der Waals surface area contributed by atoms with Gasteiger partial charge in [-0.3, -0.25) is 9.48 Å². The van der Waals surface area contributed by atoms with Gasteiger partial charge in [0.2, 0.25) is 0 Å². The van der Waals surface area contributed by atoms with Crippen LogP contribution in [0.2, 0.25) is 0 Å². The van der Waals surface area contributed by atoms with Gasteiger partial charge >= 0.3 is 0 Å². The zero-order valence-electron chi connectivity index (χ0n) is 13.6. The Bertz CT molecular complexity index is 467. The first-order chi connectivity index (χ1) is 9.83. The average molecular weight is 291 g/mol. The van der Waals surface area contributed by atoms with Crippen LogP contribution in [0.4, 0.5) is 0 Å². The maximum absolute atomic E-state index is 12.1. The van der Waals surface area contributed by atoms with Gasteiger partial charge in [-0.05, 0) is 30.7 Å². The molecule has 0 bridgehead atoms. The van der Waals surface area contributed by atoms with Crippen molar-refractivity contribution in [1.82, 2.24) is 9.78 Å². The second kappa shape index (κ2) is 6.73. The minimum atomic E-state index is -0.0468. The lowest BCUT2D eigenvalue weighted by atomic mass is 9.86. The van der Waals surface area contributed by atoms with Crippen molar-refractivity contribution < 1.29 is 4.79 Å². The number of hydrogen-bond acceptors (Lipinski definition) is 3. The van der Waals surface area contributed by atoms with E-state index in [2.05, 4.69) is 25.9 Å². The third-order valence-corrected chi connectivity index (χ3v) is 4.11. The van der Waals surface area contributed by atoms with E-state index in [-0.39, 0.29) is 17.2 Å². The molecule has 1 aromatic heterocycles. The molecule has 1 fully saturated rings. The SMILES string of the molecule is CC(C)(C)CC(N)CC(=O)Cc1ccn(C2CCCC2)n1. The Balaban J connectivity index is 1.82. The fraction of sp³-hybridized carbons (Fsp3) is 0.765. The number of carbonyl (C=O) groups excluding carboxylic acids is 1. The molecule has 0 aromatic carbocycles. The predicted octanol–water partition coefficient (Wildman–Crippen LogP) is 3.26. The highest BCUT2D eigenvalue weighted by Crippen LogP contribution is 2.28. The molecular weight excluding hydrogens is 262 g/mol. The van der Waals surface area contributed by atoms with Crippen molar-refractivity contribution in [2.45, 2.75) is 77.8 Å². The lowest BCUT2D eigenvalue weighted by molar-refractivity contribution is -0.118. The third-order valence-electron chi connectivity index (χ3n) is 4.11. The molecule has 1 saturated carbocycles. The number of rotatable bonds is 6. The van der Waals surface area contributed by atoms with Crippen molar-refractivity contribution in [1.29, 1.82) is 0 Å². The van der Waals surface area contributed by atoms with Crippen molar-refractivity contribution in [3.05, 3.63) is 18.0 Å². The minimum Gasteiger partial charge on any atom is -0.327 e. The summed E-state index contributed by atoms with van der Waals surface area (Å²) in [7, 11) is 0. The van der Waals surface area contributed by atoms with Crippen molar-refractivity contribution in [3.8, 4) is 0 Å². The van der Waals surface area contributed by atoms with Gasteiger partial charge in [-0.2, -0.15) is 5.10 Å². The number of carbonyl (C=O) groups is 1. The lowest BCUT2D eigenvalue weighted by Crippen LogP contribution is -2.29. The van der Waals surface area contributed by atoms with E-state index in [0.717, 1.165) is 12.1 Å². The fourth-order valence-corrected chi connectivity index (χ4v) is 3.27. The van der Waals surface area contributed by atoms with Gasteiger partial charge in [0, 0.05) is 18.7 Å². The predicted molar refractivity (Wildman–Crippen MR) is 85.1 cm³/mol. The molecule has 2 N–H and O–H groups in total. The Morgan fingerprint density at radius 1 is 1.43 bits per heavy atom. The van der Waals surface area contributed by atoms with E-state index in [0.29, 0.717) is 18.9 Å². The zero-order chi connectivity index (χ0) is 15.5. The van der Waals surface area contributed by atoms with Crippen LogP contribution in [0.5, 0.6) is 0 Å². The van der Waals surface area contributed by atoms with E-state index >= 15 is 0 Å². The first kappa shape index (κ1) is 16.2. The van der Waals surface area contributed by atoms with Crippen LogP contribution in [-0.4, -0.2) is 21.6 Å². The molecule has 0 aliphatic heterocycles. The van der Waals surface area contributed by atoms with E-state index in [1.807, 2.05) is 16.9 Å². The summed E-state index contributed by atoms with van der Waals surface area (Å²) in [5, 5.41) is 4.57. The number of nitrogens with zero attached hydrogens (tertiary/aromatic N) is 2. The van der Waals surface area contributed by atoms with Crippen molar-refractivity contribution >= 4 is 5.78 Å². The molecule has 118 valence electrons. The molecule has 1 aromatic rings. The molecule has 21 heavy (non-hydrogen) atoms. The fourth-order valence-electron chi connectivity index (χ4n) is 3.27. The largest absolute Gasteiger partial charge is 0.327 e. The van der Waals surface area contributed by atoms with E-state index in [4.69, 9.17) is 5.73 Å². The van der Waals surface area contributed by atoms with Gasteiger partial charge < -0.3 is 5.73 Å². The maximum atomic E-state index is 12.1. The molecule has 0 radical (unpaired) electrons. The standard InChI is InChI=1S/C17H29N3O/c1-17(2,3)12-13(18)10-16(21)11-14-8-9-20(19-14)15-6-4-5-7-15/h8-9,13,15H,4-7,10-12,18H2,1-3H3. The Hall–Kier alpha value is -1.16. The number of ketones is 1.